The lowest BCUT2D eigenvalue weighted by Gasteiger charge is -2.41. The van der Waals surface area contributed by atoms with Crippen LogP contribution in [0.4, 0.5) is 0 Å². The first-order valence-electron chi connectivity index (χ1n) is 9.03. The summed E-state index contributed by atoms with van der Waals surface area (Å²) in [7, 11) is -3.06. The molecule has 0 aromatic heterocycles. The van der Waals surface area contributed by atoms with Crippen LogP contribution in [0.25, 0.3) is 0 Å². The molecule has 1 heterocycles. The quantitative estimate of drug-likeness (QED) is 0.821. The summed E-state index contributed by atoms with van der Waals surface area (Å²) in [6, 6.07) is 8.09. The van der Waals surface area contributed by atoms with Gasteiger partial charge in [0.25, 0.3) is 0 Å². The van der Waals surface area contributed by atoms with Crippen LogP contribution >= 0.6 is 0 Å². The maximum absolute atomic E-state index is 12.6. The van der Waals surface area contributed by atoms with Gasteiger partial charge < -0.3 is 4.90 Å². The summed E-state index contributed by atoms with van der Waals surface area (Å²) in [5.74, 6) is 0.0772. The SMILES string of the molecule is Cc1ccccc1CCC(=O)N1CC(S(=O)(=O)C2CCCCC2)C1. The molecule has 0 N–H and O–H groups in total. The number of sulfone groups is 1. The minimum atomic E-state index is -3.06. The predicted octanol–water partition coefficient (Wildman–Crippen LogP) is 2.89. The van der Waals surface area contributed by atoms with Gasteiger partial charge in [-0.1, -0.05) is 43.5 Å². The number of likely N-dealkylation sites (tertiary alicyclic amines) is 1. The molecule has 1 amide bonds. The number of carbonyl (C=O) groups excluding carboxylic acids is 1. The lowest BCUT2D eigenvalue weighted by Crippen LogP contribution is -2.58. The van der Waals surface area contributed by atoms with Crippen molar-refractivity contribution in [2.75, 3.05) is 13.1 Å². The third-order valence-electron chi connectivity index (χ3n) is 5.55. The Hall–Kier alpha value is -1.36. The van der Waals surface area contributed by atoms with Crippen LogP contribution in [0, 0.1) is 6.92 Å². The van der Waals surface area contributed by atoms with Gasteiger partial charge in [-0.05, 0) is 37.3 Å². The second kappa shape index (κ2) is 7.26. The van der Waals surface area contributed by atoms with Gasteiger partial charge in [0, 0.05) is 19.5 Å². The zero-order valence-corrected chi connectivity index (χ0v) is 15.2. The van der Waals surface area contributed by atoms with E-state index < -0.39 is 9.84 Å². The van der Waals surface area contributed by atoms with E-state index in [1.807, 2.05) is 12.1 Å². The molecular weight excluding hydrogens is 322 g/mol. The van der Waals surface area contributed by atoms with Crippen molar-refractivity contribution in [3.63, 3.8) is 0 Å². The zero-order chi connectivity index (χ0) is 17.2. The molecule has 1 saturated heterocycles. The highest BCUT2D eigenvalue weighted by Crippen LogP contribution is 2.30. The van der Waals surface area contributed by atoms with Crippen LogP contribution in [0.1, 0.15) is 49.7 Å². The van der Waals surface area contributed by atoms with E-state index >= 15 is 0 Å². The van der Waals surface area contributed by atoms with Crippen LogP contribution in [0.3, 0.4) is 0 Å². The molecule has 1 aliphatic carbocycles. The van der Waals surface area contributed by atoms with Crippen molar-refractivity contribution < 1.29 is 13.2 Å². The van der Waals surface area contributed by atoms with Crippen molar-refractivity contribution in [1.29, 1.82) is 0 Å². The van der Waals surface area contributed by atoms with E-state index in [0.717, 1.165) is 38.5 Å². The van der Waals surface area contributed by atoms with Gasteiger partial charge in [0.15, 0.2) is 9.84 Å². The fourth-order valence-corrected chi connectivity index (χ4v) is 6.12. The van der Waals surface area contributed by atoms with E-state index in [2.05, 4.69) is 19.1 Å². The van der Waals surface area contributed by atoms with E-state index in [1.165, 1.54) is 11.1 Å². The number of carbonyl (C=O) groups is 1. The number of amides is 1. The highest BCUT2D eigenvalue weighted by Gasteiger charge is 2.43. The second-order valence-electron chi connectivity index (χ2n) is 7.20. The van der Waals surface area contributed by atoms with Crippen molar-refractivity contribution in [2.45, 2.75) is 62.4 Å². The number of aryl methyl sites for hydroxylation is 2. The fraction of sp³-hybridized carbons (Fsp3) is 0.632. The number of hydrogen-bond donors (Lipinski definition) is 0. The van der Waals surface area contributed by atoms with Crippen molar-refractivity contribution in [3.8, 4) is 0 Å². The van der Waals surface area contributed by atoms with Crippen molar-refractivity contribution in [2.24, 2.45) is 0 Å². The van der Waals surface area contributed by atoms with Gasteiger partial charge in [-0.15, -0.1) is 0 Å². The minimum absolute atomic E-state index is 0.0772. The molecule has 3 rings (SSSR count). The third-order valence-corrected chi connectivity index (χ3v) is 8.18. The Morgan fingerprint density at radius 1 is 1.08 bits per heavy atom. The lowest BCUT2D eigenvalue weighted by atomic mass is 10.0. The smallest absolute Gasteiger partial charge is 0.222 e. The minimum Gasteiger partial charge on any atom is -0.340 e. The average molecular weight is 349 g/mol. The van der Waals surface area contributed by atoms with Gasteiger partial charge in [0.1, 0.15) is 0 Å². The molecule has 0 radical (unpaired) electrons. The van der Waals surface area contributed by atoms with Crippen LogP contribution in [-0.4, -0.2) is 42.8 Å². The Morgan fingerprint density at radius 2 is 1.75 bits per heavy atom. The Kier molecular flexibility index (Phi) is 5.28. The van der Waals surface area contributed by atoms with Gasteiger partial charge in [-0.25, -0.2) is 8.42 Å². The normalized spacial score (nSPS) is 20.0. The molecule has 1 aromatic rings. The van der Waals surface area contributed by atoms with E-state index in [0.29, 0.717) is 19.5 Å². The molecule has 24 heavy (non-hydrogen) atoms. The third kappa shape index (κ3) is 3.66. The molecular formula is C19H27NO3S. The molecule has 132 valence electrons. The highest BCUT2D eigenvalue weighted by atomic mass is 32.2. The molecule has 5 heteroatoms. The Morgan fingerprint density at radius 3 is 2.42 bits per heavy atom. The topological polar surface area (TPSA) is 54.5 Å². The van der Waals surface area contributed by atoms with Crippen LogP contribution < -0.4 is 0 Å². The summed E-state index contributed by atoms with van der Waals surface area (Å²) in [6.45, 7) is 2.84. The van der Waals surface area contributed by atoms with Crippen molar-refractivity contribution >= 4 is 15.7 Å². The van der Waals surface area contributed by atoms with Crippen LogP contribution in [0.15, 0.2) is 24.3 Å². The standard InChI is InChI=1S/C19H27NO3S/c1-15-7-5-6-8-16(15)11-12-19(21)20-13-18(14-20)24(22,23)17-9-3-2-4-10-17/h5-8,17-18H,2-4,9-14H2,1H3. The first-order valence-corrected chi connectivity index (χ1v) is 10.6. The Labute approximate surface area is 145 Å². The first kappa shape index (κ1) is 17.5. The number of rotatable bonds is 5. The van der Waals surface area contributed by atoms with Crippen LogP contribution in [0.2, 0.25) is 0 Å². The largest absolute Gasteiger partial charge is 0.340 e. The van der Waals surface area contributed by atoms with E-state index in [-0.39, 0.29) is 16.4 Å². The molecule has 2 aliphatic rings. The van der Waals surface area contributed by atoms with Crippen molar-refractivity contribution in [1.82, 2.24) is 4.90 Å². The Bertz CT molecular complexity index is 686. The number of nitrogens with zero attached hydrogens (tertiary/aromatic N) is 1. The molecule has 1 aromatic carbocycles. The maximum Gasteiger partial charge on any atom is 0.222 e. The second-order valence-corrected chi connectivity index (χ2v) is 9.71. The molecule has 2 fully saturated rings. The van der Waals surface area contributed by atoms with E-state index in [1.54, 1.807) is 4.90 Å². The van der Waals surface area contributed by atoms with Gasteiger partial charge >= 0.3 is 0 Å². The predicted molar refractivity (Wildman–Crippen MR) is 95.7 cm³/mol. The molecule has 1 saturated carbocycles. The van der Waals surface area contributed by atoms with Gasteiger partial charge in [0.05, 0.1) is 10.5 Å². The molecule has 1 aliphatic heterocycles. The van der Waals surface area contributed by atoms with E-state index in [4.69, 9.17) is 0 Å². The summed E-state index contributed by atoms with van der Waals surface area (Å²) in [6.07, 6.45) is 5.99. The number of hydrogen-bond acceptors (Lipinski definition) is 3. The summed E-state index contributed by atoms with van der Waals surface area (Å²) < 4.78 is 25.2. The van der Waals surface area contributed by atoms with Gasteiger partial charge in [-0.2, -0.15) is 0 Å². The lowest BCUT2D eigenvalue weighted by molar-refractivity contribution is -0.134. The highest BCUT2D eigenvalue weighted by molar-refractivity contribution is 7.92. The van der Waals surface area contributed by atoms with Gasteiger partial charge in [0.2, 0.25) is 5.91 Å². The number of benzene rings is 1. The van der Waals surface area contributed by atoms with Crippen molar-refractivity contribution in [3.05, 3.63) is 35.4 Å². The zero-order valence-electron chi connectivity index (χ0n) is 14.4. The summed E-state index contributed by atoms with van der Waals surface area (Å²) in [5.41, 5.74) is 2.39. The maximum atomic E-state index is 12.6. The summed E-state index contributed by atoms with van der Waals surface area (Å²) in [4.78, 5) is 14.0. The average Bonchev–Trinajstić information content (AvgIpc) is 2.53. The Balaban J connectivity index is 1.49. The van der Waals surface area contributed by atoms with Gasteiger partial charge in [-0.3, -0.25) is 4.79 Å². The monoisotopic (exact) mass is 349 g/mol. The molecule has 0 unspecified atom stereocenters. The van der Waals surface area contributed by atoms with Crippen LogP contribution in [-0.2, 0) is 21.1 Å². The van der Waals surface area contributed by atoms with Crippen LogP contribution in [0.5, 0.6) is 0 Å². The molecule has 0 atom stereocenters. The fourth-order valence-electron chi connectivity index (χ4n) is 3.81. The van der Waals surface area contributed by atoms with E-state index in [9.17, 15) is 13.2 Å². The molecule has 0 bridgehead atoms. The first-order chi connectivity index (χ1) is 11.5. The summed E-state index contributed by atoms with van der Waals surface area (Å²) >= 11 is 0. The summed E-state index contributed by atoms with van der Waals surface area (Å²) in [5, 5.41) is -0.497. The molecule has 4 nitrogen and oxygen atoms in total. The molecule has 0 spiro atoms.